The molecule has 1 fully saturated rings. The minimum Gasteiger partial charge on any atom is -0.480 e. The smallest absolute Gasteiger partial charge is 0.327 e. The van der Waals surface area contributed by atoms with E-state index in [0.717, 1.165) is 4.47 Å². The van der Waals surface area contributed by atoms with E-state index in [1.165, 1.54) is 0 Å². The quantitative estimate of drug-likeness (QED) is 0.870. The van der Waals surface area contributed by atoms with Gasteiger partial charge in [-0.25, -0.2) is 0 Å². The molecule has 98 valence electrons. The summed E-state index contributed by atoms with van der Waals surface area (Å²) in [6.45, 7) is 2.30. The third-order valence-electron chi connectivity index (χ3n) is 2.74. The fourth-order valence-electron chi connectivity index (χ4n) is 1.91. The molecular formula is C11H12Br2N2O3. The molecule has 0 spiro atoms. The summed E-state index contributed by atoms with van der Waals surface area (Å²) in [6.07, 6.45) is 1.61. The molecule has 1 aliphatic heterocycles. The standard InChI is InChI=1S/C11H12Br2N2O3/c12-7-5-8(13)9(14-6-7)10(11(16)17)15-1-3-18-4-2-15/h5-6,10H,1-4H2,(H,16,17). The Hall–Kier alpha value is -0.500. The van der Waals surface area contributed by atoms with Crippen LogP contribution in [0.2, 0.25) is 0 Å². The average Bonchev–Trinajstić information content (AvgIpc) is 2.33. The number of hydrogen-bond acceptors (Lipinski definition) is 4. The van der Waals surface area contributed by atoms with E-state index in [0.29, 0.717) is 36.5 Å². The molecule has 1 unspecified atom stereocenters. The number of carbonyl (C=O) groups is 1. The van der Waals surface area contributed by atoms with Crippen molar-refractivity contribution < 1.29 is 14.6 Å². The largest absolute Gasteiger partial charge is 0.480 e. The molecule has 18 heavy (non-hydrogen) atoms. The van der Waals surface area contributed by atoms with Crippen molar-refractivity contribution >= 4 is 37.8 Å². The Kier molecular flexibility index (Phi) is 4.71. The van der Waals surface area contributed by atoms with Gasteiger partial charge in [0.2, 0.25) is 0 Å². The number of rotatable bonds is 3. The van der Waals surface area contributed by atoms with Gasteiger partial charge in [-0.2, -0.15) is 0 Å². The predicted octanol–water partition coefficient (Wildman–Crippen LogP) is 2.06. The number of aromatic nitrogens is 1. The maximum atomic E-state index is 11.5. The number of pyridine rings is 1. The van der Waals surface area contributed by atoms with Crippen LogP contribution in [0.5, 0.6) is 0 Å². The SMILES string of the molecule is O=C(O)C(c1ncc(Br)cc1Br)N1CCOCC1. The minimum absolute atomic E-state index is 0.521. The van der Waals surface area contributed by atoms with Crippen molar-refractivity contribution in [3.05, 3.63) is 26.9 Å². The van der Waals surface area contributed by atoms with Gasteiger partial charge in [0.25, 0.3) is 0 Å². The number of ether oxygens (including phenoxy) is 1. The summed E-state index contributed by atoms with van der Waals surface area (Å²) in [4.78, 5) is 17.6. The van der Waals surface area contributed by atoms with Crippen LogP contribution < -0.4 is 0 Å². The number of nitrogens with zero attached hydrogens (tertiary/aromatic N) is 2. The van der Waals surface area contributed by atoms with E-state index in [4.69, 9.17) is 4.74 Å². The molecule has 0 saturated carbocycles. The molecule has 1 N–H and O–H groups in total. The fraction of sp³-hybridized carbons (Fsp3) is 0.455. The summed E-state index contributed by atoms with van der Waals surface area (Å²) < 4.78 is 6.74. The Morgan fingerprint density at radius 3 is 2.67 bits per heavy atom. The summed E-state index contributed by atoms with van der Waals surface area (Å²) >= 11 is 6.67. The van der Waals surface area contributed by atoms with Crippen LogP contribution in [-0.4, -0.2) is 47.3 Å². The second kappa shape index (κ2) is 6.10. The molecule has 2 heterocycles. The Morgan fingerprint density at radius 1 is 1.44 bits per heavy atom. The van der Waals surface area contributed by atoms with E-state index in [9.17, 15) is 9.90 Å². The normalized spacial score (nSPS) is 18.6. The van der Waals surface area contributed by atoms with Gasteiger partial charge in [-0.05, 0) is 37.9 Å². The van der Waals surface area contributed by atoms with Crippen molar-refractivity contribution in [1.29, 1.82) is 0 Å². The van der Waals surface area contributed by atoms with E-state index >= 15 is 0 Å². The number of hydrogen-bond donors (Lipinski definition) is 1. The first-order valence-corrected chi connectivity index (χ1v) is 7.03. The Balaban J connectivity index is 2.31. The number of aliphatic carboxylic acids is 1. The molecule has 0 aromatic carbocycles. The zero-order valence-corrected chi connectivity index (χ0v) is 12.6. The van der Waals surface area contributed by atoms with Crippen molar-refractivity contribution in [3.8, 4) is 0 Å². The molecule has 7 heteroatoms. The highest BCUT2D eigenvalue weighted by atomic mass is 79.9. The van der Waals surface area contributed by atoms with Crippen LogP contribution in [-0.2, 0) is 9.53 Å². The van der Waals surface area contributed by atoms with E-state index in [-0.39, 0.29) is 0 Å². The van der Waals surface area contributed by atoms with Crippen LogP contribution in [0.15, 0.2) is 21.2 Å². The van der Waals surface area contributed by atoms with E-state index in [1.54, 1.807) is 12.3 Å². The lowest BCUT2D eigenvalue weighted by Gasteiger charge is -2.31. The van der Waals surface area contributed by atoms with Gasteiger partial charge in [-0.3, -0.25) is 14.7 Å². The molecule has 0 amide bonds. The maximum absolute atomic E-state index is 11.5. The second-order valence-electron chi connectivity index (χ2n) is 3.91. The van der Waals surface area contributed by atoms with Gasteiger partial charge in [-0.15, -0.1) is 0 Å². The highest BCUT2D eigenvalue weighted by molar-refractivity contribution is 9.11. The van der Waals surface area contributed by atoms with Crippen LogP contribution in [0.3, 0.4) is 0 Å². The zero-order valence-electron chi connectivity index (χ0n) is 9.47. The zero-order chi connectivity index (χ0) is 13.1. The molecule has 1 atom stereocenters. The molecule has 1 saturated heterocycles. The number of carboxylic acids is 1. The molecule has 2 rings (SSSR count). The minimum atomic E-state index is -0.896. The number of halogens is 2. The van der Waals surface area contributed by atoms with Crippen LogP contribution in [0.4, 0.5) is 0 Å². The van der Waals surface area contributed by atoms with Crippen LogP contribution in [0, 0.1) is 0 Å². The van der Waals surface area contributed by atoms with Gasteiger partial charge in [0.1, 0.15) is 0 Å². The highest BCUT2D eigenvalue weighted by Gasteiger charge is 2.31. The molecule has 1 aliphatic rings. The van der Waals surface area contributed by atoms with Crippen molar-refractivity contribution in [2.24, 2.45) is 0 Å². The topological polar surface area (TPSA) is 62.7 Å². The number of carboxylic acid groups (broad SMARTS) is 1. The maximum Gasteiger partial charge on any atom is 0.327 e. The van der Waals surface area contributed by atoms with Crippen LogP contribution in [0.1, 0.15) is 11.7 Å². The van der Waals surface area contributed by atoms with Gasteiger partial charge >= 0.3 is 5.97 Å². The lowest BCUT2D eigenvalue weighted by Crippen LogP contribution is -2.42. The molecule has 1 aromatic rings. The summed E-state index contributed by atoms with van der Waals surface area (Å²) in [5.41, 5.74) is 0.521. The van der Waals surface area contributed by atoms with E-state index in [2.05, 4.69) is 36.8 Å². The van der Waals surface area contributed by atoms with E-state index < -0.39 is 12.0 Å². The van der Waals surface area contributed by atoms with Crippen molar-refractivity contribution in [2.75, 3.05) is 26.3 Å². The Labute approximate surface area is 121 Å². The van der Waals surface area contributed by atoms with Gasteiger partial charge < -0.3 is 9.84 Å². The summed E-state index contributed by atoms with van der Waals surface area (Å²) in [7, 11) is 0. The van der Waals surface area contributed by atoms with Crippen LogP contribution >= 0.6 is 31.9 Å². The van der Waals surface area contributed by atoms with Crippen molar-refractivity contribution in [1.82, 2.24) is 9.88 Å². The van der Waals surface area contributed by atoms with Gasteiger partial charge in [0, 0.05) is 28.2 Å². The second-order valence-corrected chi connectivity index (χ2v) is 5.68. The molecule has 0 radical (unpaired) electrons. The molecule has 1 aromatic heterocycles. The van der Waals surface area contributed by atoms with Crippen molar-refractivity contribution in [2.45, 2.75) is 6.04 Å². The average molecular weight is 380 g/mol. The Bertz CT molecular complexity index is 450. The third-order valence-corrected chi connectivity index (χ3v) is 3.81. The first-order valence-electron chi connectivity index (χ1n) is 5.45. The molecule has 5 nitrogen and oxygen atoms in total. The van der Waals surface area contributed by atoms with Crippen LogP contribution in [0.25, 0.3) is 0 Å². The first kappa shape index (κ1) is 13.9. The summed E-state index contributed by atoms with van der Waals surface area (Å²) in [5, 5.41) is 9.42. The van der Waals surface area contributed by atoms with Crippen molar-refractivity contribution in [3.63, 3.8) is 0 Å². The first-order chi connectivity index (χ1) is 8.59. The molecule has 0 aliphatic carbocycles. The molecule has 0 bridgehead atoms. The fourth-order valence-corrected chi connectivity index (χ4v) is 3.11. The molecular weight excluding hydrogens is 368 g/mol. The summed E-state index contributed by atoms with van der Waals surface area (Å²) in [6, 6.07) is 1.06. The lowest BCUT2D eigenvalue weighted by atomic mass is 10.1. The predicted molar refractivity (Wildman–Crippen MR) is 72.4 cm³/mol. The Morgan fingerprint density at radius 2 is 2.11 bits per heavy atom. The number of morpholine rings is 1. The van der Waals surface area contributed by atoms with Gasteiger partial charge in [0.15, 0.2) is 6.04 Å². The third kappa shape index (κ3) is 3.09. The highest BCUT2D eigenvalue weighted by Crippen LogP contribution is 2.29. The monoisotopic (exact) mass is 378 g/mol. The summed E-state index contributed by atoms with van der Waals surface area (Å²) in [5.74, 6) is -0.896. The van der Waals surface area contributed by atoms with E-state index in [1.807, 2.05) is 4.90 Å². The lowest BCUT2D eigenvalue weighted by molar-refractivity contribution is -0.145. The van der Waals surface area contributed by atoms with Gasteiger partial charge in [-0.1, -0.05) is 0 Å². The van der Waals surface area contributed by atoms with Gasteiger partial charge in [0.05, 0.1) is 18.9 Å².